The second-order valence-corrected chi connectivity index (χ2v) is 5.49. The molecule has 19 heavy (non-hydrogen) atoms. The Morgan fingerprint density at radius 3 is 2.84 bits per heavy atom. The molecule has 0 aliphatic heterocycles. The van der Waals surface area contributed by atoms with Gasteiger partial charge in [0.1, 0.15) is 11.6 Å². The summed E-state index contributed by atoms with van der Waals surface area (Å²) in [7, 11) is 0. The summed E-state index contributed by atoms with van der Waals surface area (Å²) >= 11 is 7.92. The summed E-state index contributed by atoms with van der Waals surface area (Å²) in [6.45, 7) is 1.92. The first-order valence-electron chi connectivity index (χ1n) is 5.73. The van der Waals surface area contributed by atoms with Gasteiger partial charge in [0.2, 0.25) is 0 Å². The van der Waals surface area contributed by atoms with E-state index in [2.05, 4.69) is 9.97 Å². The van der Waals surface area contributed by atoms with Crippen molar-refractivity contribution in [2.45, 2.75) is 19.8 Å². The molecule has 2 rings (SSSR count). The number of aromatic amines is 1. The fraction of sp³-hybridized carbons (Fsp3) is 0.231. The van der Waals surface area contributed by atoms with Crippen molar-refractivity contribution < 1.29 is 4.39 Å². The first-order valence-corrected chi connectivity index (χ1v) is 7.19. The molecule has 0 fully saturated rings. The SMILES string of the molecule is CCc1nc(Cc2c(F)cccc2Cl)[nH]c(=O)c1I. The van der Waals surface area contributed by atoms with Crippen molar-refractivity contribution >= 4 is 34.2 Å². The molecule has 0 saturated heterocycles. The zero-order chi connectivity index (χ0) is 14.0. The molecule has 0 aliphatic carbocycles. The Labute approximate surface area is 128 Å². The molecule has 1 aromatic carbocycles. The van der Waals surface area contributed by atoms with Gasteiger partial charge in [-0.15, -0.1) is 0 Å². The lowest BCUT2D eigenvalue weighted by molar-refractivity contribution is 0.611. The van der Waals surface area contributed by atoms with Gasteiger partial charge in [-0.05, 0) is 41.1 Å². The van der Waals surface area contributed by atoms with E-state index >= 15 is 0 Å². The van der Waals surface area contributed by atoms with E-state index in [1.807, 2.05) is 29.5 Å². The molecule has 0 amide bonds. The summed E-state index contributed by atoms with van der Waals surface area (Å²) in [6, 6.07) is 4.50. The number of aryl methyl sites for hydroxylation is 1. The second-order valence-electron chi connectivity index (χ2n) is 4.00. The molecule has 0 radical (unpaired) electrons. The molecule has 100 valence electrons. The summed E-state index contributed by atoms with van der Waals surface area (Å²) in [5, 5.41) is 0.333. The van der Waals surface area contributed by atoms with Gasteiger partial charge in [0.15, 0.2) is 0 Å². The van der Waals surface area contributed by atoms with Crippen LogP contribution in [0.5, 0.6) is 0 Å². The summed E-state index contributed by atoms with van der Waals surface area (Å²) in [6.07, 6.45) is 0.824. The van der Waals surface area contributed by atoms with Crippen LogP contribution in [0.4, 0.5) is 4.39 Å². The molecule has 1 aromatic heterocycles. The molecule has 0 saturated carbocycles. The summed E-state index contributed by atoms with van der Waals surface area (Å²) < 4.78 is 14.3. The van der Waals surface area contributed by atoms with E-state index in [1.165, 1.54) is 6.07 Å². The van der Waals surface area contributed by atoms with Crippen molar-refractivity contribution in [3.05, 3.63) is 60.0 Å². The largest absolute Gasteiger partial charge is 0.309 e. The van der Waals surface area contributed by atoms with E-state index in [4.69, 9.17) is 11.6 Å². The van der Waals surface area contributed by atoms with Crippen LogP contribution < -0.4 is 5.56 Å². The average Bonchev–Trinajstić information content (AvgIpc) is 2.38. The van der Waals surface area contributed by atoms with Crippen LogP contribution in [0.3, 0.4) is 0 Å². The fourth-order valence-corrected chi connectivity index (χ4v) is 2.61. The number of aromatic nitrogens is 2. The minimum atomic E-state index is -0.397. The Bertz CT molecular complexity index is 652. The van der Waals surface area contributed by atoms with Crippen molar-refractivity contribution in [3.63, 3.8) is 0 Å². The molecule has 0 atom stereocenters. The molecule has 1 N–H and O–H groups in total. The van der Waals surface area contributed by atoms with Crippen LogP contribution in [-0.2, 0) is 12.8 Å². The maximum absolute atomic E-state index is 13.7. The Kier molecular flexibility index (Phi) is 4.57. The van der Waals surface area contributed by atoms with Gasteiger partial charge in [0.25, 0.3) is 5.56 Å². The fourth-order valence-electron chi connectivity index (χ4n) is 1.74. The maximum Gasteiger partial charge on any atom is 0.264 e. The van der Waals surface area contributed by atoms with Crippen LogP contribution in [0.1, 0.15) is 24.0 Å². The van der Waals surface area contributed by atoms with E-state index in [0.717, 1.165) is 0 Å². The number of rotatable bonds is 3. The standard InChI is InChI=1S/C13H11ClFIN2O/c1-2-10-12(16)13(19)18-11(17-10)6-7-8(14)4-3-5-9(7)15/h3-5H,2,6H2,1H3,(H,17,18,19). The number of halogens is 3. The van der Waals surface area contributed by atoms with Gasteiger partial charge >= 0.3 is 0 Å². The predicted molar refractivity (Wildman–Crippen MR) is 81.2 cm³/mol. The summed E-state index contributed by atoms with van der Waals surface area (Å²) in [5.74, 6) is 0.0287. The first kappa shape index (κ1) is 14.5. The number of hydrogen-bond donors (Lipinski definition) is 1. The smallest absolute Gasteiger partial charge is 0.264 e. The molecular formula is C13H11ClFIN2O. The summed E-state index contributed by atoms with van der Waals surface area (Å²) in [5.41, 5.74) is 0.859. The molecule has 0 bridgehead atoms. The van der Waals surface area contributed by atoms with Gasteiger partial charge in [-0.25, -0.2) is 9.37 Å². The molecule has 0 spiro atoms. The summed E-state index contributed by atoms with van der Waals surface area (Å²) in [4.78, 5) is 18.7. The van der Waals surface area contributed by atoms with Gasteiger partial charge in [-0.1, -0.05) is 24.6 Å². The van der Waals surface area contributed by atoms with Crippen LogP contribution in [0.25, 0.3) is 0 Å². The minimum Gasteiger partial charge on any atom is -0.309 e. The van der Waals surface area contributed by atoms with Gasteiger partial charge in [0, 0.05) is 17.0 Å². The predicted octanol–water partition coefficient (Wildman–Crippen LogP) is 3.32. The third-order valence-corrected chi connectivity index (χ3v) is 4.19. The van der Waals surface area contributed by atoms with E-state index in [1.54, 1.807) is 12.1 Å². The Balaban J connectivity index is 2.44. The quantitative estimate of drug-likeness (QED) is 0.815. The third kappa shape index (κ3) is 3.14. The van der Waals surface area contributed by atoms with Crippen LogP contribution in [0.2, 0.25) is 5.02 Å². The third-order valence-electron chi connectivity index (χ3n) is 2.72. The lowest BCUT2D eigenvalue weighted by Gasteiger charge is -2.07. The zero-order valence-electron chi connectivity index (χ0n) is 10.1. The molecule has 1 heterocycles. The number of benzene rings is 1. The minimum absolute atomic E-state index is 0.171. The topological polar surface area (TPSA) is 45.8 Å². The highest BCUT2D eigenvalue weighted by atomic mass is 127. The van der Waals surface area contributed by atoms with Gasteiger partial charge in [-0.3, -0.25) is 4.79 Å². The number of hydrogen-bond acceptors (Lipinski definition) is 2. The Hall–Kier alpha value is -0.950. The van der Waals surface area contributed by atoms with Gasteiger partial charge < -0.3 is 4.98 Å². The lowest BCUT2D eigenvalue weighted by atomic mass is 10.1. The van der Waals surface area contributed by atoms with Crippen molar-refractivity contribution in [2.24, 2.45) is 0 Å². The van der Waals surface area contributed by atoms with Crippen LogP contribution >= 0.6 is 34.2 Å². The van der Waals surface area contributed by atoms with Crippen LogP contribution in [-0.4, -0.2) is 9.97 Å². The average molecular weight is 393 g/mol. The van der Waals surface area contributed by atoms with Gasteiger partial charge in [0.05, 0.1) is 9.26 Å². The maximum atomic E-state index is 13.7. The van der Waals surface area contributed by atoms with Crippen LogP contribution in [0.15, 0.2) is 23.0 Å². The molecule has 0 unspecified atom stereocenters. The zero-order valence-corrected chi connectivity index (χ0v) is 13.0. The highest BCUT2D eigenvalue weighted by molar-refractivity contribution is 14.1. The Morgan fingerprint density at radius 2 is 2.21 bits per heavy atom. The monoisotopic (exact) mass is 392 g/mol. The van der Waals surface area contributed by atoms with E-state index in [9.17, 15) is 9.18 Å². The number of nitrogens with zero attached hydrogens (tertiary/aromatic N) is 1. The van der Waals surface area contributed by atoms with Crippen molar-refractivity contribution in [3.8, 4) is 0 Å². The number of H-pyrrole nitrogens is 1. The van der Waals surface area contributed by atoms with Crippen molar-refractivity contribution in [1.29, 1.82) is 0 Å². The molecule has 0 aliphatic rings. The highest BCUT2D eigenvalue weighted by Gasteiger charge is 2.12. The normalized spacial score (nSPS) is 10.7. The first-order chi connectivity index (χ1) is 9.02. The van der Waals surface area contributed by atoms with Crippen molar-refractivity contribution in [1.82, 2.24) is 9.97 Å². The van der Waals surface area contributed by atoms with Crippen LogP contribution in [0, 0.1) is 9.39 Å². The van der Waals surface area contributed by atoms with E-state index in [-0.39, 0.29) is 12.0 Å². The van der Waals surface area contributed by atoms with E-state index < -0.39 is 5.82 Å². The molecule has 3 nitrogen and oxygen atoms in total. The van der Waals surface area contributed by atoms with Gasteiger partial charge in [-0.2, -0.15) is 0 Å². The second kappa shape index (κ2) is 6.00. The highest BCUT2D eigenvalue weighted by Crippen LogP contribution is 2.21. The molecular weight excluding hydrogens is 382 g/mol. The molecule has 2 aromatic rings. The number of nitrogens with one attached hydrogen (secondary N) is 1. The van der Waals surface area contributed by atoms with Crippen molar-refractivity contribution in [2.75, 3.05) is 0 Å². The van der Waals surface area contributed by atoms with E-state index in [0.29, 0.717) is 32.1 Å². The molecule has 6 heteroatoms. The lowest BCUT2D eigenvalue weighted by Crippen LogP contribution is -2.18. The Morgan fingerprint density at radius 1 is 1.47 bits per heavy atom.